The second-order valence-corrected chi connectivity index (χ2v) is 10.4. The molecule has 1 N–H and O–H groups in total. The molecular weight excluding hydrogens is 451 g/mol. The number of pyridine rings is 1. The van der Waals surface area contributed by atoms with Crippen molar-refractivity contribution < 1.29 is 31.6 Å². The maximum Gasteiger partial charge on any atom is 0.422 e. The summed E-state index contributed by atoms with van der Waals surface area (Å²) in [6.45, 7) is 7.06. The third-order valence-electron chi connectivity index (χ3n) is 4.30. The smallest absolute Gasteiger partial charge is 0.422 e. The molecule has 2 atom stereocenters. The summed E-state index contributed by atoms with van der Waals surface area (Å²) < 4.78 is 62.9. The Balaban J connectivity index is 2.38. The Bertz CT molecular complexity index is 955. The molecule has 13 heteroatoms. The Hall–Kier alpha value is -2.54. The average Bonchev–Trinajstić information content (AvgIpc) is 3.19. The highest BCUT2D eigenvalue weighted by atomic mass is 32.2. The maximum absolute atomic E-state index is 12.8. The van der Waals surface area contributed by atoms with Gasteiger partial charge in [-0.15, -0.1) is 5.10 Å². The van der Waals surface area contributed by atoms with Gasteiger partial charge in [0.25, 0.3) is 0 Å². The van der Waals surface area contributed by atoms with E-state index in [0.717, 1.165) is 6.20 Å². The first-order valence-corrected chi connectivity index (χ1v) is 10.6. The predicted octanol–water partition coefficient (Wildman–Crippen LogP) is 2.66. The molecule has 2 heterocycles. The van der Waals surface area contributed by atoms with E-state index in [4.69, 9.17) is 4.74 Å². The quantitative estimate of drug-likeness (QED) is 0.583. The van der Waals surface area contributed by atoms with Crippen LogP contribution in [0.3, 0.4) is 0 Å². The standard InChI is InChI=1S/C19H26F3N5O4S/c1-17(2,3)32(29)25-15(13-8-7-12(9-23-13)31-11-19(20,21)22)14-10-27(26-24-14)18(4,5)16(28)30-6/h7-10,15,25H,11H2,1-6H3/t15-,32?/m1/s1. The van der Waals surface area contributed by atoms with Crippen molar-refractivity contribution >= 4 is 17.0 Å². The second-order valence-electron chi connectivity index (χ2n) is 8.39. The molecule has 0 fully saturated rings. The topological polar surface area (TPSA) is 108 Å². The number of hydrogen-bond acceptors (Lipinski definition) is 7. The van der Waals surface area contributed by atoms with Gasteiger partial charge in [-0.05, 0) is 46.8 Å². The van der Waals surface area contributed by atoms with Crippen molar-refractivity contribution in [1.29, 1.82) is 0 Å². The first kappa shape index (κ1) is 25.7. The molecule has 0 aliphatic heterocycles. The van der Waals surface area contributed by atoms with E-state index in [-0.39, 0.29) is 5.75 Å². The van der Waals surface area contributed by atoms with Gasteiger partial charge in [-0.2, -0.15) is 13.2 Å². The lowest BCUT2D eigenvalue weighted by Crippen LogP contribution is -2.37. The Morgan fingerprint density at radius 3 is 2.34 bits per heavy atom. The first-order chi connectivity index (χ1) is 14.6. The Morgan fingerprint density at radius 2 is 1.84 bits per heavy atom. The monoisotopic (exact) mass is 477 g/mol. The van der Waals surface area contributed by atoms with E-state index in [9.17, 15) is 22.2 Å². The molecule has 0 aliphatic carbocycles. The predicted molar refractivity (Wildman–Crippen MR) is 110 cm³/mol. The van der Waals surface area contributed by atoms with Crippen LogP contribution in [0.2, 0.25) is 0 Å². The molecule has 0 amide bonds. The van der Waals surface area contributed by atoms with E-state index >= 15 is 0 Å². The summed E-state index contributed by atoms with van der Waals surface area (Å²) in [5, 5.41) is 8.09. The Labute approximate surface area is 186 Å². The molecule has 178 valence electrons. The number of ether oxygens (including phenoxy) is 2. The number of hydrogen-bond donors (Lipinski definition) is 1. The Kier molecular flexibility index (Phi) is 7.66. The third-order valence-corrected chi connectivity index (χ3v) is 5.87. The zero-order chi connectivity index (χ0) is 24.3. The number of aromatic nitrogens is 4. The number of esters is 1. The van der Waals surface area contributed by atoms with E-state index in [0.29, 0.717) is 11.4 Å². The molecule has 0 saturated carbocycles. The van der Waals surface area contributed by atoms with Crippen LogP contribution in [-0.2, 0) is 26.1 Å². The third kappa shape index (κ3) is 6.48. The molecular formula is C19H26F3N5O4S. The van der Waals surface area contributed by atoms with Gasteiger partial charge in [-0.1, -0.05) is 5.21 Å². The van der Waals surface area contributed by atoms with E-state index in [1.807, 2.05) is 0 Å². The van der Waals surface area contributed by atoms with Crippen molar-refractivity contribution in [2.75, 3.05) is 13.7 Å². The summed E-state index contributed by atoms with van der Waals surface area (Å²) >= 11 is 0. The number of nitrogens with one attached hydrogen (secondary N) is 1. The van der Waals surface area contributed by atoms with E-state index in [1.54, 1.807) is 34.6 Å². The SMILES string of the molecule is COC(=O)C(C)(C)n1cc([C@H](NS(=O)C(C)(C)C)c2ccc(OCC(F)(F)F)cn2)nn1. The highest BCUT2D eigenvalue weighted by molar-refractivity contribution is 7.84. The number of carbonyl (C=O) groups is 1. The average molecular weight is 478 g/mol. The van der Waals surface area contributed by atoms with Crippen LogP contribution in [0.25, 0.3) is 0 Å². The lowest BCUT2D eigenvalue weighted by molar-refractivity contribution is -0.153. The first-order valence-electron chi connectivity index (χ1n) is 9.50. The van der Waals surface area contributed by atoms with Gasteiger partial charge >= 0.3 is 12.1 Å². The molecule has 0 saturated heterocycles. The van der Waals surface area contributed by atoms with Crippen molar-refractivity contribution in [2.45, 2.75) is 57.1 Å². The number of rotatable bonds is 8. The largest absolute Gasteiger partial charge is 0.483 e. The molecule has 2 rings (SSSR count). The van der Waals surface area contributed by atoms with Gasteiger partial charge in [0.15, 0.2) is 12.1 Å². The molecule has 32 heavy (non-hydrogen) atoms. The highest BCUT2D eigenvalue weighted by Crippen LogP contribution is 2.26. The molecule has 0 aromatic carbocycles. The summed E-state index contributed by atoms with van der Waals surface area (Å²) in [5.41, 5.74) is -0.530. The molecule has 1 unspecified atom stereocenters. The van der Waals surface area contributed by atoms with Crippen LogP contribution < -0.4 is 9.46 Å². The maximum atomic E-state index is 12.8. The van der Waals surface area contributed by atoms with E-state index < -0.39 is 46.1 Å². The molecule has 2 aromatic rings. The minimum atomic E-state index is -4.47. The lowest BCUT2D eigenvalue weighted by atomic mass is 10.1. The highest BCUT2D eigenvalue weighted by Gasteiger charge is 2.34. The summed E-state index contributed by atoms with van der Waals surface area (Å²) in [6, 6.07) is 1.94. The number of carbonyl (C=O) groups excluding carboxylic acids is 1. The van der Waals surface area contributed by atoms with Crippen LogP contribution in [0.5, 0.6) is 5.75 Å². The van der Waals surface area contributed by atoms with E-state index in [2.05, 4.69) is 24.8 Å². The van der Waals surface area contributed by atoms with Crippen LogP contribution in [-0.4, -0.2) is 54.8 Å². The fourth-order valence-corrected chi connectivity index (χ4v) is 3.20. The van der Waals surface area contributed by atoms with Crippen LogP contribution in [0, 0.1) is 0 Å². The summed E-state index contributed by atoms with van der Waals surface area (Å²) in [4.78, 5) is 16.2. The fraction of sp³-hybridized carbons (Fsp3) is 0.579. The molecule has 9 nitrogen and oxygen atoms in total. The van der Waals surface area contributed by atoms with Crippen molar-refractivity contribution in [3.05, 3.63) is 35.9 Å². The molecule has 0 aliphatic rings. The number of methoxy groups -OCH3 is 1. The van der Waals surface area contributed by atoms with Gasteiger partial charge in [-0.25, -0.2) is 18.4 Å². The van der Waals surface area contributed by atoms with Crippen LogP contribution in [0.4, 0.5) is 13.2 Å². The minimum absolute atomic E-state index is 0.0720. The van der Waals surface area contributed by atoms with Crippen molar-refractivity contribution in [1.82, 2.24) is 24.7 Å². The summed E-state index contributed by atoms with van der Waals surface area (Å²) in [7, 11) is -0.295. The van der Waals surface area contributed by atoms with Crippen LogP contribution in [0.15, 0.2) is 24.5 Å². The summed E-state index contributed by atoms with van der Waals surface area (Å²) in [5.74, 6) is -0.613. The van der Waals surface area contributed by atoms with Crippen molar-refractivity contribution in [3.8, 4) is 5.75 Å². The van der Waals surface area contributed by atoms with Crippen LogP contribution in [0.1, 0.15) is 52.0 Å². The summed E-state index contributed by atoms with van der Waals surface area (Å²) in [6.07, 6.45) is -1.85. The zero-order valence-corrected chi connectivity index (χ0v) is 19.4. The zero-order valence-electron chi connectivity index (χ0n) is 18.6. The second kappa shape index (κ2) is 9.53. The van der Waals surface area contributed by atoms with Gasteiger partial charge in [-0.3, -0.25) is 4.98 Å². The normalized spacial score (nSPS) is 14.7. The van der Waals surface area contributed by atoms with E-state index in [1.165, 1.54) is 30.1 Å². The van der Waals surface area contributed by atoms with Gasteiger partial charge < -0.3 is 9.47 Å². The number of halogens is 3. The van der Waals surface area contributed by atoms with Crippen LogP contribution >= 0.6 is 0 Å². The fourth-order valence-electron chi connectivity index (χ4n) is 2.39. The molecule has 2 aromatic heterocycles. The molecule has 0 bridgehead atoms. The van der Waals surface area contributed by atoms with Gasteiger partial charge in [0.1, 0.15) is 17.5 Å². The van der Waals surface area contributed by atoms with Gasteiger partial charge in [0, 0.05) is 0 Å². The van der Waals surface area contributed by atoms with Gasteiger partial charge in [0.05, 0.1) is 40.9 Å². The number of alkyl halides is 3. The number of nitrogens with zero attached hydrogens (tertiary/aromatic N) is 4. The minimum Gasteiger partial charge on any atom is -0.483 e. The van der Waals surface area contributed by atoms with Crippen molar-refractivity contribution in [3.63, 3.8) is 0 Å². The Morgan fingerprint density at radius 1 is 1.19 bits per heavy atom. The van der Waals surface area contributed by atoms with Gasteiger partial charge in [0.2, 0.25) is 0 Å². The molecule has 0 radical (unpaired) electrons. The van der Waals surface area contributed by atoms with Crippen molar-refractivity contribution in [2.24, 2.45) is 0 Å². The lowest BCUT2D eigenvalue weighted by Gasteiger charge is -2.23. The molecule has 0 spiro atoms.